The number of fused-ring (bicyclic) bond motifs is 1. The van der Waals surface area contributed by atoms with Gasteiger partial charge in [0.15, 0.2) is 17.1 Å². The van der Waals surface area contributed by atoms with Crippen LogP contribution in [0.1, 0.15) is 17.8 Å². The van der Waals surface area contributed by atoms with Crippen molar-refractivity contribution in [1.29, 1.82) is 0 Å². The molecule has 0 fully saturated rings. The van der Waals surface area contributed by atoms with Crippen molar-refractivity contribution in [3.8, 4) is 11.5 Å². The summed E-state index contributed by atoms with van der Waals surface area (Å²) in [7, 11) is 3.16. The zero-order valence-electron chi connectivity index (χ0n) is 16.8. The molecule has 0 bridgehead atoms. The first-order valence-corrected chi connectivity index (χ1v) is 9.33. The summed E-state index contributed by atoms with van der Waals surface area (Å²) >= 11 is 0. The molecule has 0 aliphatic rings. The molecule has 29 heavy (non-hydrogen) atoms. The minimum atomic E-state index is -0.153. The Morgan fingerprint density at radius 1 is 1.17 bits per heavy atom. The number of hydrogen-bond donors (Lipinski definition) is 1. The molecule has 0 atom stereocenters. The summed E-state index contributed by atoms with van der Waals surface area (Å²) < 4.78 is 12.1. The number of aromatic nitrogens is 3. The Labute approximate surface area is 168 Å². The van der Waals surface area contributed by atoms with Gasteiger partial charge >= 0.3 is 0 Å². The van der Waals surface area contributed by atoms with Gasteiger partial charge in [-0.2, -0.15) is 0 Å². The fourth-order valence-electron chi connectivity index (χ4n) is 3.11. The van der Waals surface area contributed by atoms with Gasteiger partial charge in [-0.15, -0.1) is 0 Å². The van der Waals surface area contributed by atoms with Crippen LogP contribution in [-0.2, 0) is 17.8 Å². The number of nitrogens with zero attached hydrogens (tertiary/aromatic N) is 3. The van der Waals surface area contributed by atoms with Crippen LogP contribution in [0.25, 0.3) is 11.0 Å². The second-order valence-corrected chi connectivity index (χ2v) is 6.53. The molecule has 0 spiro atoms. The molecule has 0 saturated heterocycles. The van der Waals surface area contributed by atoms with Gasteiger partial charge in [0.2, 0.25) is 5.91 Å². The molecule has 0 aliphatic carbocycles. The topological polar surface area (TPSA) is 95.3 Å². The van der Waals surface area contributed by atoms with Gasteiger partial charge in [-0.3, -0.25) is 14.2 Å². The number of hydrogen-bond acceptors (Lipinski definition) is 6. The Bertz CT molecular complexity index is 1080. The summed E-state index contributed by atoms with van der Waals surface area (Å²) in [5.41, 5.74) is 1.27. The maximum absolute atomic E-state index is 12.6. The van der Waals surface area contributed by atoms with Crippen LogP contribution in [0.2, 0.25) is 0 Å². The number of ether oxygens (including phenoxy) is 2. The van der Waals surface area contributed by atoms with E-state index < -0.39 is 0 Å². The second kappa shape index (κ2) is 9.18. The van der Waals surface area contributed by atoms with Gasteiger partial charge < -0.3 is 14.8 Å². The molecule has 8 nitrogen and oxygen atoms in total. The monoisotopic (exact) mass is 396 g/mol. The molecule has 0 unspecified atom stereocenters. The SMILES string of the molecule is COc1ccc(CCC(=O)NCCn2c(C)nc3ncccc3c2=O)cc1OC. The molecule has 1 N–H and O–H groups in total. The zero-order chi connectivity index (χ0) is 20.8. The number of carbonyl (C=O) groups excluding carboxylic acids is 1. The average Bonchev–Trinajstić information content (AvgIpc) is 2.74. The molecule has 3 rings (SSSR count). The quantitative estimate of drug-likeness (QED) is 0.625. The Hall–Kier alpha value is -3.42. The highest BCUT2D eigenvalue weighted by Gasteiger charge is 2.10. The molecular formula is C21H24N4O4. The number of pyridine rings is 1. The lowest BCUT2D eigenvalue weighted by Crippen LogP contribution is -2.32. The molecule has 1 aromatic carbocycles. The Morgan fingerprint density at radius 3 is 2.72 bits per heavy atom. The molecule has 0 radical (unpaired) electrons. The summed E-state index contributed by atoms with van der Waals surface area (Å²) in [6, 6.07) is 9.01. The van der Waals surface area contributed by atoms with Gasteiger partial charge in [-0.1, -0.05) is 6.07 Å². The molecule has 2 heterocycles. The number of benzene rings is 1. The lowest BCUT2D eigenvalue weighted by Gasteiger charge is -2.12. The van der Waals surface area contributed by atoms with Crippen LogP contribution in [0.15, 0.2) is 41.3 Å². The van der Waals surface area contributed by atoms with Crippen molar-refractivity contribution in [3.05, 3.63) is 58.3 Å². The summed E-state index contributed by atoms with van der Waals surface area (Å²) in [6.45, 7) is 2.46. The van der Waals surface area contributed by atoms with E-state index in [9.17, 15) is 9.59 Å². The maximum atomic E-state index is 12.6. The normalized spacial score (nSPS) is 10.7. The van der Waals surface area contributed by atoms with Crippen molar-refractivity contribution in [1.82, 2.24) is 19.9 Å². The first kappa shape index (κ1) is 20.3. The van der Waals surface area contributed by atoms with Gasteiger partial charge in [0.25, 0.3) is 5.56 Å². The van der Waals surface area contributed by atoms with E-state index in [4.69, 9.17) is 9.47 Å². The first-order valence-electron chi connectivity index (χ1n) is 9.33. The number of aryl methyl sites for hydroxylation is 2. The number of carbonyl (C=O) groups is 1. The van der Waals surface area contributed by atoms with E-state index in [0.717, 1.165) is 5.56 Å². The molecule has 3 aromatic rings. The van der Waals surface area contributed by atoms with Crippen molar-refractivity contribution in [3.63, 3.8) is 0 Å². The van der Waals surface area contributed by atoms with Crippen molar-refractivity contribution >= 4 is 16.9 Å². The van der Waals surface area contributed by atoms with Crippen LogP contribution < -0.4 is 20.3 Å². The van der Waals surface area contributed by atoms with Crippen LogP contribution in [-0.4, -0.2) is 41.2 Å². The number of rotatable bonds is 8. The Morgan fingerprint density at radius 2 is 1.97 bits per heavy atom. The van der Waals surface area contributed by atoms with Gasteiger partial charge in [0, 0.05) is 25.7 Å². The molecule has 8 heteroatoms. The molecule has 0 saturated carbocycles. The molecule has 1 amide bonds. The van der Waals surface area contributed by atoms with Crippen LogP contribution in [0, 0.1) is 6.92 Å². The third kappa shape index (κ3) is 4.71. The highest BCUT2D eigenvalue weighted by molar-refractivity contribution is 5.76. The fraction of sp³-hybridized carbons (Fsp3) is 0.333. The predicted octanol–water partition coefficient (Wildman–Crippen LogP) is 1.87. The second-order valence-electron chi connectivity index (χ2n) is 6.53. The van der Waals surface area contributed by atoms with E-state index in [0.29, 0.717) is 54.3 Å². The predicted molar refractivity (Wildman–Crippen MR) is 109 cm³/mol. The van der Waals surface area contributed by atoms with Crippen LogP contribution in [0.5, 0.6) is 11.5 Å². The number of amides is 1. The van der Waals surface area contributed by atoms with Crippen LogP contribution >= 0.6 is 0 Å². The molecule has 0 aliphatic heterocycles. The lowest BCUT2D eigenvalue weighted by molar-refractivity contribution is -0.121. The van der Waals surface area contributed by atoms with E-state index in [1.807, 2.05) is 18.2 Å². The van der Waals surface area contributed by atoms with E-state index in [2.05, 4.69) is 15.3 Å². The highest BCUT2D eigenvalue weighted by atomic mass is 16.5. The fourth-order valence-corrected chi connectivity index (χ4v) is 3.11. The van der Waals surface area contributed by atoms with E-state index in [1.54, 1.807) is 44.0 Å². The summed E-state index contributed by atoms with van der Waals surface area (Å²) in [4.78, 5) is 33.3. The molecule has 152 valence electrons. The van der Waals surface area contributed by atoms with Gasteiger partial charge in [0.1, 0.15) is 5.82 Å². The minimum absolute atomic E-state index is 0.0825. The van der Waals surface area contributed by atoms with Crippen LogP contribution in [0.4, 0.5) is 0 Å². The van der Waals surface area contributed by atoms with Gasteiger partial charge in [-0.25, -0.2) is 9.97 Å². The zero-order valence-corrected chi connectivity index (χ0v) is 16.8. The van der Waals surface area contributed by atoms with Gasteiger partial charge in [0.05, 0.1) is 19.6 Å². The highest BCUT2D eigenvalue weighted by Crippen LogP contribution is 2.27. The summed E-state index contributed by atoms with van der Waals surface area (Å²) in [5.74, 6) is 1.78. The van der Waals surface area contributed by atoms with Crippen molar-refractivity contribution in [2.24, 2.45) is 0 Å². The lowest BCUT2D eigenvalue weighted by atomic mass is 10.1. The van der Waals surface area contributed by atoms with Crippen molar-refractivity contribution in [2.45, 2.75) is 26.3 Å². The van der Waals surface area contributed by atoms with Crippen LogP contribution in [0.3, 0.4) is 0 Å². The summed E-state index contributed by atoms with van der Waals surface area (Å²) in [6.07, 6.45) is 2.52. The first-order chi connectivity index (χ1) is 14.0. The smallest absolute Gasteiger partial charge is 0.263 e. The number of nitrogens with one attached hydrogen (secondary N) is 1. The largest absolute Gasteiger partial charge is 0.493 e. The number of methoxy groups -OCH3 is 2. The maximum Gasteiger partial charge on any atom is 0.263 e. The third-order valence-corrected chi connectivity index (χ3v) is 4.67. The van der Waals surface area contributed by atoms with E-state index >= 15 is 0 Å². The Kier molecular flexibility index (Phi) is 6.43. The molecule has 2 aromatic heterocycles. The standard InChI is InChI=1S/C21H24N4O4/c1-14-24-20-16(5-4-10-23-20)21(27)25(14)12-11-22-19(26)9-7-15-6-8-17(28-2)18(13-15)29-3/h4-6,8,10,13H,7,9,11-12H2,1-3H3,(H,22,26). The average molecular weight is 396 g/mol. The third-order valence-electron chi connectivity index (χ3n) is 4.67. The van der Waals surface area contributed by atoms with E-state index in [-0.39, 0.29) is 11.5 Å². The Balaban J connectivity index is 1.55. The summed E-state index contributed by atoms with van der Waals surface area (Å²) in [5, 5.41) is 3.33. The van der Waals surface area contributed by atoms with Gasteiger partial charge in [-0.05, 0) is 43.2 Å². The van der Waals surface area contributed by atoms with E-state index in [1.165, 1.54) is 0 Å². The van der Waals surface area contributed by atoms with Crippen molar-refractivity contribution in [2.75, 3.05) is 20.8 Å². The molecular weight excluding hydrogens is 372 g/mol. The minimum Gasteiger partial charge on any atom is -0.493 e. The van der Waals surface area contributed by atoms with Crippen molar-refractivity contribution < 1.29 is 14.3 Å².